The van der Waals surface area contributed by atoms with Crippen molar-refractivity contribution in [3.63, 3.8) is 0 Å². The van der Waals surface area contributed by atoms with Crippen molar-refractivity contribution >= 4 is 11.3 Å². The van der Waals surface area contributed by atoms with Crippen LogP contribution in [-0.4, -0.2) is 15.1 Å². The molecule has 0 aliphatic rings. The summed E-state index contributed by atoms with van der Waals surface area (Å²) in [5.74, 6) is 0. The monoisotopic (exact) mass is 268 g/mol. The van der Waals surface area contributed by atoms with Gasteiger partial charge < -0.3 is 5.11 Å². The topological polar surface area (TPSA) is 46.0 Å². The number of aromatic nitrogens is 2. The molecule has 19 heavy (non-hydrogen) atoms. The molecule has 1 aromatic carbocycles. The van der Waals surface area contributed by atoms with Crippen LogP contribution < -0.4 is 0 Å². The molecule has 0 saturated carbocycles. The molecule has 0 aliphatic carbocycles. The number of thiophene rings is 1. The van der Waals surface area contributed by atoms with Crippen molar-refractivity contribution in [1.82, 2.24) is 9.97 Å². The van der Waals surface area contributed by atoms with Gasteiger partial charge in [-0.1, -0.05) is 30.3 Å². The highest BCUT2D eigenvalue weighted by Crippen LogP contribution is 2.31. The van der Waals surface area contributed by atoms with Crippen LogP contribution in [0.3, 0.4) is 0 Å². The zero-order valence-electron chi connectivity index (χ0n) is 10.1. The average Bonchev–Trinajstić information content (AvgIpc) is 2.98. The Kier molecular flexibility index (Phi) is 3.35. The summed E-state index contributed by atoms with van der Waals surface area (Å²) in [5.41, 5.74) is 2.58. The van der Waals surface area contributed by atoms with Gasteiger partial charge in [0.15, 0.2) is 0 Å². The number of benzene rings is 1. The van der Waals surface area contributed by atoms with Crippen LogP contribution in [0.1, 0.15) is 17.4 Å². The minimum atomic E-state index is -0.720. The zero-order chi connectivity index (χ0) is 13.1. The number of rotatable bonds is 3. The van der Waals surface area contributed by atoms with E-state index in [1.54, 1.807) is 29.9 Å². The molecule has 94 valence electrons. The Labute approximate surface area is 115 Å². The summed E-state index contributed by atoms with van der Waals surface area (Å²) < 4.78 is 0. The predicted molar refractivity (Wildman–Crippen MR) is 75.8 cm³/mol. The van der Waals surface area contributed by atoms with Gasteiger partial charge in [0.25, 0.3) is 0 Å². The Morgan fingerprint density at radius 1 is 1.11 bits per heavy atom. The van der Waals surface area contributed by atoms with Crippen molar-refractivity contribution in [3.05, 3.63) is 71.6 Å². The van der Waals surface area contributed by atoms with E-state index in [4.69, 9.17) is 0 Å². The third-order valence-electron chi connectivity index (χ3n) is 2.86. The van der Waals surface area contributed by atoms with Crippen LogP contribution in [-0.2, 0) is 0 Å². The highest BCUT2D eigenvalue weighted by molar-refractivity contribution is 7.13. The Hall–Kier alpha value is -2.04. The molecular weight excluding hydrogens is 256 g/mol. The second-order valence-electron chi connectivity index (χ2n) is 4.14. The van der Waals surface area contributed by atoms with Gasteiger partial charge in [0.05, 0.1) is 11.9 Å². The van der Waals surface area contributed by atoms with Crippen LogP contribution in [0.25, 0.3) is 10.4 Å². The largest absolute Gasteiger partial charge is 0.382 e. The summed E-state index contributed by atoms with van der Waals surface area (Å²) in [5, 5.41) is 12.2. The normalized spacial score (nSPS) is 12.3. The second kappa shape index (κ2) is 5.30. The van der Waals surface area contributed by atoms with E-state index >= 15 is 0 Å². The average molecular weight is 268 g/mol. The molecule has 0 radical (unpaired) electrons. The third kappa shape index (κ3) is 2.54. The molecule has 3 rings (SSSR count). The van der Waals surface area contributed by atoms with Gasteiger partial charge in [0.1, 0.15) is 6.10 Å². The molecular formula is C15H12N2OS. The van der Waals surface area contributed by atoms with E-state index < -0.39 is 6.10 Å². The van der Waals surface area contributed by atoms with Crippen molar-refractivity contribution in [2.24, 2.45) is 0 Å². The number of hydrogen-bond donors (Lipinski definition) is 1. The quantitative estimate of drug-likeness (QED) is 0.793. The first-order chi connectivity index (χ1) is 9.34. The molecule has 0 aliphatic heterocycles. The maximum atomic E-state index is 10.3. The standard InChI is InChI=1S/C15H12N2OS/c18-15(13-9-16-6-7-17-13)12-8-14(19-10-12)11-4-2-1-3-5-11/h1-10,15,18H. The molecule has 4 heteroatoms. The summed E-state index contributed by atoms with van der Waals surface area (Å²) >= 11 is 1.62. The molecule has 0 amide bonds. The highest BCUT2D eigenvalue weighted by Gasteiger charge is 2.14. The summed E-state index contributed by atoms with van der Waals surface area (Å²) in [6, 6.07) is 12.1. The Bertz CT molecular complexity index is 652. The van der Waals surface area contributed by atoms with Gasteiger partial charge in [-0.3, -0.25) is 9.97 Å². The minimum Gasteiger partial charge on any atom is -0.382 e. The van der Waals surface area contributed by atoms with Gasteiger partial charge in [-0.25, -0.2) is 0 Å². The molecule has 1 atom stereocenters. The van der Waals surface area contributed by atoms with Crippen LogP contribution in [0.5, 0.6) is 0 Å². The third-order valence-corrected chi connectivity index (χ3v) is 3.85. The lowest BCUT2D eigenvalue weighted by molar-refractivity contribution is 0.215. The molecule has 0 saturated heterocycles. The lowest BCUT2D eigenvalue weighted by Crippen LogP contribution is -2.00. The predicted octanol–water partition coefficient (Wildman–Crippen LogP) is 3.29. The lowest BCUT2D eigenvalue weighted by atomic mass is 10.1. The highest BCUT2D eigenvalue weighted by atomic mass is 32.1. The molecule has 2 heterocycles. The summed E-state index contributed by atoms with van der Waals surface area (Å²) in [7, 11) is 0. The molecule has 2 aromatic heterocycles. The molecule has 0 fully saturated rings. The smallest absolute Gasteiger partial charge is 0.123 e. The molecule has 3 nitrogen and oxygen atoms in total. The fourth-order valence-corrected chi connectivity index (χ4v) is 2.81. The van der Waals surface area contributed by atoms with Crippen molar-refractivity contribution in [2.75, 3.05) is 0 Å². The van der Waals surface area contributed by atoms with Crippen molar-refractivity contribution in [3.8, 4) is 10.4 Å². The van der Waals surface area contributed by atoms with Gasteiger partial charge in [-0.15, -0.1) is 11.3 Å². The molecule has 1 unspecified atom stereocenters. The van der Waals surface area contributed by atoms with E-state index in [2.05, 4.69) is 22.1 Å². The zero-order valence-corrected chi connectivity index (χ0v) is 10.9. The lowest BCUT2D eigenvalue weighted by Gasteiger charge is -2.06. The fourth-order valence-electron chi connectivity index (χ4n) is 1.87. The maximum Gasteiger partial charge on any atom is 0.123 e. The van der Waals surface area contributed by atoms with Crippen LogP contribution in [0, 0.1) is 0 Å². The molecule has 1 N–H and O–H groups in total. The molecule has 0 bridgehead atoms. The fraction of sp³-hybridized carbons (Fsp3) is 0.0667. The van der Waals surface area contributed by atoms with E-state index in [0.29, 0.717) is 5.69 Å². The second-order valence-corrected chi connectivity index (χ2v) is 5.05. The van der Waals surface area contributed by atoms with Crippen LogP contribution in [0.2, 0.25) is 0 Å². The first-order valence-electron chi connectivity index (χ1n) is 5.92. The van der Waals surface area contributed by atoms with E-state index in [0.717, 1.165) is 16.0 Å². The van der Waals surface area contributed by atoms with Gasteiger partial charge in [-0.05, 0) is 22.6 Å². The van der Waals surface area contributed by atoms with Crippen molar-refractivity contribution in [2.45, 2.75) is 6.10 Å². The van der Waals surface area contributed by atoms with Gasteiger partial charge >= 0.3 is 0 Å². The molecule has 3 aromatic rings. The Morgan fingerprint density at radius 2 is 1.95 bits per heavy atom. The first kappa shape index (κ1) is 12.0. The van der Waals surface area contributed by atoms with Crippen LogP contribution >= 0.6 is 11.3 Å². The van der Waals surface area contributed by atoms with Gasteiger partial charge in [0, 0.05) is 17.3 Å². The SMILES string of the molecule is OC(c1csc(-c2ccccc2)c1)c1cnccn1. The first-order valence-corrected chi connectivity index (χ1v) is 6.80. The van der Waals surface area contributed by atoms with Crippen LogP contribution in [0.4, 0.5) is 0 Å². The maximum absolute atomic E-state index is 10.3. The van der Waals surface area contributed by atoms with E-state index in [9.17, 15) is 5.11 Å². The summed E-state index contributed by atoms with van der Waals surface area (Å²) in [4.78, 5) is 9.24. The van der Waals surface area contributed by atoms with E-state index in [1.807, 2.05) is 29.6 Å². The van der Waals surface area contributed by atoms with Crippen LogP contribution in [0.15, 0.2) is 60.4 Å². The molecule has 0 spiro atoms. The van der Waals surface area contributed by atoms with Gasteiger partial charge in [-0.2, -0.15) is 0 Å². The Morgan fingerprint density at radius 3 is 2.68 bits per heavy atom. The van der Waals surface area contributed by atoms with Crippen molar-refractivity contribution < 1.29 is 5.11 Å². The number of aliphatic hydroxyl groups is 1. The van der Waals surface area contributed by atoms with Crippen molar-refractivity contribution in [1.29, 1.82) is 0 Å². The Balaban J connectivity index is 1.90. The minimum absolute atomic E-state index is 0.569. The summed E-state index contributed by atoms with van der Waals surface area (Å²) in [6.07, 6.45) is 4.05. The number of aliphatic hydroxyl groups excluding tert-OH is 1. The number of hydrogen-bond acceptors (Lipinski definition) is 4. The summed E-state index contributed by atoms with van der Waals surface area (Å²) in [6.45, 7) is 0. The van der Waals surface area contributed by atoms with E-state index in [1.165, 1.54) is 0 Å². The van der Waals surface area contributed by atoms with Gasteiger partial charge in [0.2, 0.25) is 0 Å². The number of nitrogens with zero attached hydrogens (tertiary/aromatic N) is 2. The van der Waals surface area contributed by atoms with E-state index in [-0.39, 0.29) is 0 Å².